The van der Waals surface area contributed by atoms with Gasteiger partial charge in [-0.15, -0.1) is 11.8 Å². The zero-order valence-corrected chi connectivity index (χ0v) is 17.2. The van der Waals surface area contributed by atoms with Gasteiger partial charge in [0.05, 0.1) is 16.8 Å². The molecule has 144 valence electrons. The maximum atomic E-state index is 13.3. The molecule has 7 heteroatoms. The van der Waals surface area contributed by atoms with Crippen molar-refractivity contribution in [1.82, 2.24) is 4.31 Å². The van der Waals surface area contributed by atoms with Crippen molar-refractivity contribution in [2.45, 2.75) is 45.2 Å². The van der Waals surface area contributed by atoms with Gasteiger partial charge in [-0.05, 0) is 30.6 Å². The number of rotatable bonds is 2. The summed E-state index contributed by atoms with van der Waals surface area (Å²) in [5.74, 6) is 0.824. The van der Waals surface area contributed by atoms with Crippen LogP contribution in [0.15, 0.2) is 35.3 Å². The molecule has 5 nitrogen and oxygen atoms in total. The highest BCUT2D eigenvalue weighted by molar-refractivity contribution is 8.14. The Morgan fingerprint density at radius 3 is 2.70 bits per heavy atom. The van der Waals surface area contributed by atoms with Gasteiger partial charge in [0.2, 0.25) is 10.0 Å². The summed E-state index contributed by atoms with van der Waals surface area (Å²) >= 11 is 1.54. The molecule has 27 heavy (non-hydrogen) atoms. The summed E-state index contributed by atoms with van der Waals surface area (Å²) in [5, 5.41) is 0.827. The number of amides is 1. The van der Waals surface area contributed by atoms with Crippen LogP contribution in [0.2, 0.25) is 0 Å². The molecular formula is C20H24N2O3S2. The van der Waals surface area contributed by atoms with Crippen molar-refractivity contribution < 1.29 is 13.2 Å². The first kappa shape index (κ1) is 17.7. The van der Waals surface area contributed by atoms with Crippen molar-refractivity contribution >= 4 is 32.7 Å². The molecule has 2 aliphatic carbocycles. The quantitative estimate of drug-likeness (QED) is 0.760. The van der Waals surface area contributed by atoms with Gasteiger partial charge in [-0.25, -0.2) is 12.7 Å². The number of benzene rings is 1. The van der Waals surface area contributed by atoms with E-state index in [2.05, 4.69) is 18.8 Å². The second-order valence-corrected chi connectivity index (χ2v) is 11.7. The molecule has 0 aromatic heterocycles. The predicted molar refractivity (Wildman–Crippen MR) is 107 cm³/mol. The molecular weight excluding hydrogens is 380 g/mol. The topological polar surface area (TPSA) is 66.8 Å². The van der Waals surface area contributed by atoms with Crippen LogP contribution in [-0.4, -0.2) is 47.3 Å². The molecule has 0 N–H and O–H groups in total. The van der Waals surface area contributed by atoms with Crippen molar-refractivity contribution in [2.75, 3.05) is 11.5 Å². The van der Waals surface area contributed by atoms with Gasteiger partial charge >= 0.3 is 0 Å². The standard InChI is InChI=1S/C20H24N2O3S2/c1-19(2)14-8-9-20(19)12-27(24,25)22(16(20)10-14)18(23)15-11-26-17(21-15)13-6-4-3-5-7-13/h3-7,14-16H,8-12H2,1-2H3/t14-,15-,16-,20-/m0/s1. The zero-order valence-electron chi connectivity index (χ0n) is 15.6. The lowest BCUT2D eigenvalue weighted by Crippen LogP contribution is -2.47. The third-order valence-corrected chi connectivity index (χ3v) is 10.6. The van der Waals surface area contributed by atoms with Crippen molar-refractivity contribution in [1.29, 1.82) is 0 Å². The van der Waals surface area contributed by atoms with Crippen LogP contribution < -0.4 is 0 Å². The lowest BCUT2D eigenvalue weighted by molar-refractivity contribution is -0.129. The highest BCUT2D eigenvalue weighted by Gasteiger charge is 2.72. The predicted octanol–water partition coefficient (Wildman–Crippen LogP) is 2.92. The summed E-state index contributed by atoms with van der Waals surface area (Å²) < 4.78 is 27.4. The molecule has 4 aliphatic rings. The average molecular weight is 405 g/mol. The van der Waals surface area contributed by atoms with Crippen molar-refractivity contribution in [3.63, 3.8) is 0 Å². The Morgan fingerprint density at radius 1 is 1.26 bits per heavy atom. The lowest BCUT2D eigenvalue weighted by Gasteiger charge is -2.37. The second-order valence-electron chi connectivity index (χ2n) is 8.88. The fourth-order valence-corrected chi connectivity index (χ4v) is 9.57. The number of carbonyl (C=O) groups is 1. The number of hydrogen-bond acceptors (Lipinski definition) is 5. The van der Waals surface area contributed by atoms with Crippen LogP contribution >= 0.6 is 11.8 Å². The van der Waals surface area contributed by atoms with Gasteiger partial charge in [0.1, 0.15) is 6.04 Å². The van der Waals surface area contributed by atoms with Crippen LogP contribution in [0, 0.1) is 16.7 Å². The van der Waals surface area contributed by atoms with Gasteiger partial charge in [-0.2, -0.15) is 0 Å². The molecule has 5 rings (SSSR count). The van der Waals surface area contributed by atoms with Gasteiger partial charge in [0, 0.05) is 16.7 Å². The van der Waals surface area contributed by atoms with Gasteiger partial charge in [-0.1, -0.05) is 44.2 Å². The zero-order chi connectivity index (χ0) is 19.0. The molecule has 0 radical (unpaired) electrons. The first-order chi connectivity index (χ1) is 12.8. The Balaban J connectivity index is 1.47. The highest BCUT2D eigenvalue weighted by atomic mass is 32.2. The van der Waals surface area contributed by atoms with E-state index in [1.165, 1.54) is 16.1 Å². The SMILES string of the molecule is CC1(C)[C@H]2CC[C@@]13CS(=O)(=O)N(C(=O)[C@@H]1CSC(c4ccccc4)=N1)[C@H]3C2. The summed E-state index contributed by atoms with van der Waals surface area (Å²) in [4.78, 5) is 17.9. The third-order valence-electron chi connectivity index (χ3n) is 7.59. The number of thioether (sulfide) groups is 1. The lowest BCUT2D eigenvalue weighted by atomic mass is 9.69. The molecule has 1 aromatic carbocycles. The number of carbonyl (C=O) groups excluding carboxylic acids is 1. The molecule has 4 atom stereocenters. The average Bonchev–Trinajstić information content (AvgIpc) is 3.31. The number of nitrogens with zero attached hydrogens (tertiary/aromatic N) is 2. The van der Waals surface area contributed by atoms with E-state index in [4.69, 9.17) is 0 Å². The maximum absolute atomic E-state index is 13.3. The van der Waals surface area contributed by atoms with Crippen molar-refractivity contribution in [2.24, 2.45) is 21.7 Å². The van der Waals surface area contributed by atoms with E-state index in [0.29, 0.717) is 11.7 Å². The van der Waals surface area contributed by atoms with Crippen LogP contribution in [0.25, 0.3) is 0 Å². The van der Waals surface area contributed by atoms with Gasteiger partial charge in [0.15, 0.2) is 0 Å². The van der Waals surface area contributed by atoms with Crippen LogP contribution in [0.1, 0.15) is 38.7 Å². The van der Waals surface area contributed by atoms with Crippen molar-refractivity contribution in [3.05, 3.63) is 35.9 Å². The molecule has 0 unspecified atom stereocenters. The number of hydrogen-bond donors (Lipinski definition) is 0. The Labute approximate surface area is 164 Å². The van der Waals surface area contributed by atoms with E-state index in [9.17, 15) is 13.2 Å². The minimum atomic E-state index is -3.57. The first-order valence-corrected chi connectivity index (χ1v) is 12.2. The molecule has 1 amide bonds. The molecule has 1 saturated heterocycles. The van der Waals surface area contributed by atoms with Gasteiger partial charge in [0.25, 0.3) is 5.91 Å². The van der Waals surface area contributed by atoms with E-state index >= 15 is 0 Å². The maximum Gasteiger partial charge on any atom is 0.262 e. The van der Waals surface area contributed by atoms with E-state index in [-0.39, 0.29) is 28.5 Å². The summed E-state index contributed by atoms with van der Waals surface area (Å²) in [6.45, 7) is 4.40. The second kappa shape index (κ2) is 5.60. The van der Waals surface area contributed by atoms with Gasteiger partial charge < -0.3 is 0 Å². The molecule has 2 saturated carbocycles. The number of fused-ring (bicyclic) bond motifs is 1. The fraction of sp³-hybridized carbons (Fsp3) is 0.600. The number of sulfonamides is 1. The molecule has 3 fully saturated rings. The van der Waals surface area contributed by atoms with E-state index in [1.54, 1.807) is 0 Å². The molecule has 1 spiro atoms. The summed E-state index contributed by atoms with van der Waals surface area (Å²) in [6.07, 6.45) is 2.81. The Morgan fingerprint density at radius 2 is 2.00 bits per heavy atom. The van der Waals surface area contributed by atoms with Crippen LogP contribution in [0.3, 0.4) is 0 Å². The molecule has 1 aromatic rings. The summed E-state index contributed by atoms with van der Waals surface area (Å²) in [7, 11) is -3.57. The first-order valence-electron chi connectivity index (χ1n) is 9.58. The highest BCUT2D eigenvalue weighted by Crippen LogP contribution is 2.70. The normalized spacial score (nSPS) is 38.1. The van der Waals surface area contributed by atoms with E-state index in [1.807, 2.05) is 30.3 Å². The Kier molecular flexibility index (Phi) is 3.68. The molecule has 2 heterocycles. The molecule has 2 aliphatic heterocycles. The minimum Gasteiger partial charge on any atom is -0.271 e. The van der Waals surface area contributed by atoms with Crippen LogP contribution in [0.5, 0.6) is 0 Å². The number of aliphatic imine (C=N–C) groups is 1. The molecule has 2 bridgehead atoms. The third kappa shape index (κ3) is 2.27. The van der Waals surface area contributed by atoms with Crippen molar-refractivity contribution in [3.8, 4) is 0 Å². The van der Waals surface area contributed by atoms with E-state index in [0.717, 1.165) is 29.9 Å². The van der Waals surface area contributed by atoms with Crippen LogP contribution in [0.4, 0.5) is 0 Å². The smallest absolute Gasteiger partial charge is 0.262 e. The Bertz CT molecular complexity index is 941. The van der Waals surface area contributed by atoms with Crippen LogP contribution in [-0.2, 0) is 14.8 Å². The largest absolute Gasteiger partial charge is 0.271 e. The van der Waals surface area contributed by atoms with Gasteiger partial charge in [-0.3, -0.25) is 9.79 Å². The summed E-state index contributed by atoms with van der Waals surface area (Å²) in [6, 6.07) is 9.00. The van der Waals surface area contributed by atoms with E-state index < -0.39 is 16.1 Å². The monoisotopic (exact) mass is 404 g/mol. The fourth-order valence-electron chi connectivity index (χ4n) is 5.96. The minimum absolute atomic E-state index is 0.0251. The Hall–Kier alpha value is -1.34. The summed E-state index contributed by atoms with van der Waals surface area (Å²) in [5.41, 5.74) is 0.687.